The molecule has 2 heteroatoms. The van der Waals surface area contributed by atoms with Gasteiger partial charge in [0, 0.05) is 17.1 Å². The number of aliphatic hydroxyl groups is 1. The van der Waals surface area contributed by atoms with E-state index in [1.165, 1.54) is 0 Å². The minimum absolute atomic E-state index is 0.931. The normalized spacial score (nSPS) is 14.5. The van der Waals surface area contributed by atoms with Crippen LogP contribution >= 0.6 is 0 Å². The van der Waals surface area contributed by atoms with E-state index in [1.807, 2.05) is 68.6 Å². The summed E-state index contributed by atoms with van der Waals surface area (Å²) in [5, 5.41) is 12.1. The van der Waals surface area contributed by atoms with E-state index in [0.29, 0.717) is 0 Å². The molecule has 96 valence electrons. The van der Waals surface area contributed by atoms with Crippen molar-refractivity contribution in [1.82, 2.24) is 4.98 Å². The molecule has 1 heterocycles. The lowest BCUT2D eigenvalue weighted by atomic mass is 9.84. The second kappa shape index (κ2) is 4.25. The van der Waals surface area contributed by atoms with Crippen LogP contribution in [0.3, 0.4) is 0 Å². The molecule has 0 radical (unpaired) electrons. The van der Waals surface area contributed by atoms with Crippen molar-refractivity contribution in [2.45, 2.75) is 19.4 Å². The molecule has 1 unspecified atom stereocenters. The summed E-state index contributed by atoms with van der Waals surface area (Å²) in [5.74, 6) is 0. The summed E-state index contributed by atoms with van der Waals surface area (Å²) in [5.41, 5.74) is 3.03. The zero-order chi connectivity index (χ0) is 13.5. The lowest BCUT2D eigenvalue weighted by molar-refractivity contribution is 0.103. The van der Waals surface area contributed by atoms with Crippen LogP contribution in [-0.4, -0.2) is 10.1 Å². The Hall–Kier alpha value is -2.06. The fourth-order valence-electron chi connectivity index (χ4n) is 2.77. The molecule has 19 heavy (non-hydrogen) atoms. The predicted molar refractivity (Wildman–Crippen MR) is 78.2 cm³/mol. The van der Waals surface area contributed by atoms with Gasteiger partial charge in [0.25, 0.3) is 0 Å². The predicted octanol–water partition coefficient (Wildman–Crippen LogP) is 3.73. The number of rotatable bonds is 2. The molecule has 0 aliphatic rings. The molecule has 0 aliphatic heterocycles. The van der Waals surface area contributed by atoms with Crippen molar-refractivity contribution in [3.05, 3.63) is 71.4 Å². The minimum Gasteiger partial charge on any atom is -0.381 e. The van der Waals surface area contributed by atoms with Crippen LogP contribution in [0.4, 0.5) is 0 Å². The Morgan fingerprint density at radius 3 is 2.47 bits per heavy atom. The standard InChI is InChI=1S/C17H17NO/c1-12-6-3-4-7-14(12)17(2,19)15-8-5-9-16-13(15)10-11-18-16/h3-11,18-19H,1-2H3. The van der Waals surface area contributed by atoms with Gasteiger partial charge in [-0.1, -0.05) is 36.4 Å². The molecule has 3 rings (SSSR count). The summed E-state index contributed by atoms with van der Waals surface area (Å²) >= 11 is 0. The summed E-state index contributed by atoms with van der Waals surface area (Å²) in [6, 6.07) is 16.0. The quantitative estimate of drug-likeness (QED) is 0.715. The van der Waals surface area contributed by atoms with Crippen molar-refractivity contribution in [3.63, 3.8) is 0 Å². The first kappa shape index (κ1) is 12.0. The lowest BCUT2D eigenvalue weighted by Crippen LogP contribution is -2.24. The van der Waals surface area contributed by atoms with Gasteiger partial charge in [-0.3, -0.25) is 0 Å². The Kier molecular flexibility index (Phi) is 2.68. The topological polar surface area (TPSA) is 36.0 Å². The second-order valence-corrected chi connectivity index (χ2v) is 5.13. The molecule has 0 saturated heterocycles. The molecular formula is C17H17NO. The van der Waals surface area contributed by atoms with Crippen molar-refractivity contribution in [2.75, 3.05) is 0 Å². The van der Waals surface area contributed by atoms with E-state index < -0.39 is 5.60 Å². The maximum absolute atomic E-state index is 11.0. The molecule has 0 spiro atoms. The molecule has 0 aliphatic carbocycles. The molecule has 2 N–H and O–H groups in total. The van der Waals surface area contributed by atoms with Crippen molar-refractivity contribution in [3.8, 4) is 0 Å². The number of nitrogens with one attached hydrogen (secondary N) is 1. The van der Waals surface area contributed by atoms with Gasteiger partial charge >= 0.3 is 0 Å². The highest BCUT2D eigenvalue weighted by atomic mass is 16.3. The van der Waals surface area contributed by atoms with Gasteiger partial charge in [-0.25, -0.2) is 0 Å². The van der Waals surface area contributed by atoms with Gasteiger partial charge in [0.1, 0.15) is 5.60 Å². The van der Waals surface area contributed by atoms with E-state index in [9.17, 15) is 5.11 Å². The molecule has 2 nitrogen and oxygen atoms in total. The first-order chi connectivity index (χ1) is 9.10. The number of benzene rings is 2. The fourth-order valence-corrected chi connectivity index (χ4v) is 2.77. The van der Waals surface area contributed by atoms with Crippen LogP contribution in [0.5, 0.6) is 0 Å². The molecule has 1 aromatic heterocycles. The molecule has 0 saturated carbocycles. The first-order valence-electron chi connectivity index (χ1n) is 6.46. The summed E-state index contributed by atoms with van der Waals surface area (Å²) in [6.07, 6.45) is 1.90. The summed E-state index contributed by atoms with van der Waals surface area (Å²) in [6.45, 7) is 3.89. The minimum atomic E-state index is -0.993. The van der Waals surface area contributed by atoms with Crippen molar-refractivity contribution in [2.24, 2.45) is 0 Å². The highest BCUT2D eigenvalue weighted by molar-refractivity contribution is 5.84. The maximum atomic E-state index is 11.0. The molecule has 1 atom stereocenters. The van der Waals surface area contributed by atoms with Gasteiger partial charge < -0.3 is 10.1 Å². The van der Waals surface area contributed by atoms with Gasteiger partial charge in [-0.2, -0.15) is 0 Å². The van der Waals surface area contributed by atoms with E-state index in [0.717, 1.165) is 27.6 Å². The summed E-state index contributed by atoms with van der Waals surface area (Å²) in [7, 11) is 0. The SMILES string of the molecule is Cc1ccccc1C(C)(O)c1cccc2[nH]ccc12. The maximum Gasteiger partial charge on any atom is 0.113 e. The van der Waals surface area contributed by atoms with Crippen LogP contribution in [0.2, 0.25) is 0 Å². The van der Waals surface area contributed by atoms with Crippen LogP contribution in [0, 0.1) is 6.92 Å². The molecular weight excluding hydrogens is 234 g/mol. The highest BCUT2D eigenvalue weighted by Gasteiger charge is 2.28. The molecule has 0 amide bonds. The average Bonchev–Trinajstić information content (AvgIpc) is 2.86. The van der Waals surface area contributed by atoms with E-state index in [1.54, 1.807) is 0 Å². The Bertz CT molecular complexity index is 725. The Morgan fingerprint density at radius 1 is 0.947 bits per heavy atom. The Labute approximate surface area is 112 Å². The zero-order valence-corrected chi connectivity index (χ0v) is 11.1. The van der Waals surface area contributed by atoms with Crippen molar-refractivity contribution >= 4 is 10.9 Å². The van der Waals surface area contributed by atoms with Crippen molar-refractivity contribution in [1.29, 1.82) is 0 Å². The van der Waals surface area contributed by atoms with E-state index in [-0.39, 0.29) is 0 Å². The first-order valence-corrected chi connectivity index (χ1v) is 6.46. The number of fused-ring (bicyclic) bond motifs is 1. The highest BCUT2D eigenvalue weighted by Crippen LogP contribution is 2.35. The fraction of sp³-hybridized carbons (Fsp3) is 0.176. The van der Waals surface area contributed by atoms with Crippen LogP contribution in [0.25, 0.3) is 10.9 Å². The second-order valence-electron chi connectivity index (χ2n) is 5.13. The largest absolute Gasteiger partial charge is 0.381 e. The van der Waals surface area contributed by atoms with Crippen LogP contribution in [0.1, 0.15) is 23.6 Å². The third-order valence-electron chi connectivity index (χ3n) is 3.79. The van der Waals surface area contributed by atoms with E-state index in [4.69, 9.17) is 0 Å². The van der Waals surface area contributed by atoms with Crippen LogP contribution < -0.4 is 0 Å². The molecule has 2 aromatic carbocycles. The number of aryl methyl sites for hydroxylation is 1. The van der Waals surface area contributed by atoms with Gasteiger partial charge in [0.2, 0.25) is 0 Å². The van der Waals surface area contributed by atoms with Gasteiger partial charge in [-0.15, -0.1) is 0 Å². The monoisotopic (exact) mass is 251 g/mol. The van der Waals surface area contributed by atoms with Crippen LogP contribution in [0.15, 0.2) is 54.7 Å². The van der Waals surface area contributed by atoms with Gasteiger partial charge in [0.15, 0.2) is 0 Å². The van der Waals surface area contributed by atoms with E-state index >= 15 is 0 Å². The molecule has 3 aromatic rings. The molecule has 0 bridgehead atoms. The number of hydrogen-bond donors (Lipinski definition) is 2. The number of hydrogen-bond acceptors (Lipinski definition) is 1. The third-order valence-corrected chi connectivity index (χ3v) is 3.79. The van der Waals surface area contributed by atoms with Gasteiger partial charge in [0.05, 0.1) is 0 Å². The number of aromatic nitrogens is 1. The lowest BCUT2D eigenvalue weighted by Gasteiger charge is -2.27. The summed E-state index contributed by atoms with van der Waals surface area (Å²) < 4.78 is 0. The zero-order valence-electron chi connectivity index (χ0n) is 11.1. The number of H-pyrrole nitrogens is 1. The van der Waals surface area contributed by atoms with E-state index in [2.05, 4.69) is 4.98 Å². The van der Waals surface area contributed by atoms with Crippen LogP contribution in [-0.2, 0) is 5.60 Å². The Morgan fingerprint density at radius 2 is 1.68 bits per heavy atom. The number of aromatic amines is 1. The Balaban J connectivity index is 2.25. The third kappa shape index (κ3) is 1.85. The summed E-state index contributed by atoms with van der Waals surface area (Å²) in [4.78, 5) is 3.19. The average molecular weight is 251 g/mol. The molecule has 0 fully saturated rings. The van der Waals surface area contributed by atoms with Gasteiger partial charge in [-0.05, 0) is 42.7 Å². The van der Waals surface area contributed by atoms with Crippen molar-refractivity contribution < 1.29 is 5.11 Å². The smallest absolute Gasteiger partial charge is 0.113 e.